The van der Waals surface area contributed by atoms with Gasteiger partial charge in [-0.25, -0.2) is 4.79 Å². The summed E-state index contributed by atoms with van der Waals surface area (Å²) in [6.45, 7) is 1.32. The van der Waals surface area contributed by atoms with E-state index in [4.69, 9.17) is 4.74 Å². The van der Waals surface area contributed by atoms with Gasteiger partial charge >= 0.3 is 11.9 Å². The maximum absolute atomic E-state index is 12.0. The summed E-state index contributed by atoms with van der Waals surface area (Å²) < 4.78 is 9.62. The molecule has 0 spiro atoms. The molecule has 1 N–H and O–H groups in total. The van der Waals surface area contributed by atoms with E-state index >= 15 is 0 Å². The molecular weight excluding hydrogens is 322 g/mol. The Hall–Kier alpha value is -3.41. The minimum Gasteiger partial charge on any atom is -0.465 e. The van der Waals surface area contributed by atoms with E-state index in [1.807, 2.05) is 0 Å². The van der Waals surface area contributed by atoms with Crippen molar-refractivity contribution >= 4 is 29.6 Å². The van der Waals surface area contributed by atoms with Crippen LogP contribution < -0.4 is 10.1 Å². The molecule has 0 aliphatic rings. The van der Waals surface area contributed by atoms with Crippen molar-refractivity contribution in [3.63, 3.8) is 0 Å². The average Bonchev–Trinajstić information content (AvgIpc) is 2.60. The number of anilines is 1. The van der Waals surface area contributed by atoms with Crippen molar-refractivity contribution in [1.82, 2.24) is 0 Å². The molecule has 25 heavy (non-hydrogen) atoms. The highest BCUT2D eigenvalue weighted by Crippen LogP contribution is 2.17. The van der Waals surface area contributed by atoms with Gasteiger partial charge in [-0.3, -0.25) is 9.59 Å². The Morgan fingerprint density at radius 3 is 2.32 bits per heavy atom. The van der Waals surface area contributed by atoms with Crippen molar-refractivity contribution in [2.45, 2.75) is 6.92 Å². The fourth-order valence-corrected chi connectivity index (χ4v) is 2.04. The number of nitrogens with one attached hydrogen (secondary N) is 1. The van der Waals surface area contributed by atoms with E-state index in [1.165, 1.54) is 20.1 Å². The third-order valence-electron chi connectivity index (χ3n) is 3.16. The lowest BCUT2D eigenvalue weighted by Gasteiger charge is -2.07. The van der Waals surface area contributed by atoms with Gasteiger partial charge in [0.05, 0.1) is 18.4 Å². The van der Waals surface area contributed by atoms with Crippen LogP contribution >= 0.6 is 0 Å². The zero-order valence-electron chi connectivity index (χ0n) is 13.8. The van der Waals surface area contributed by atoms with Gasteiger partial charge in [0.25, 0.3) is 0 Å². The summed E-state index contributed by atoms with van der Waals surface area (Å²) >= 11 is 0. The number of ether oxygens (including phenoxy) is 2. The number of amides is 1. The molecule has 0 saturated heterocycles. The Morgan fingerprint density at radius 1 is 1.00 bits per heavy atom. The standard InChI is InChI=1S/C19H17NO5/c1-13(21)25-15-10-7-14(8-11-15)9-12-18(22)20-17-6-4-3-5-16(17)19(23)24-2/h3-12H,1-2H3,(H,20,22)/b12-9+. The minimum absolute atomic E-state index is 0.275. The van der Waals surface area contributed by atoms with E-state index in [0.29, 0.717) is 11.4 Å². The SMILES string of the molecule is COC(=O)c1ccccc1NC(=O)/C=C/c1ccc(OC(C)=O)cc1. The number of carbonyl (C=O) groups excluding carboxylic acids is 3. The van der Waals surface area contributed by atoms with Crippen molar-refractivity contribution in [3.8, 4) is 5.75 Å². The average molecular weight is 339 g/mol. The monoisotopic (exact) mass is 339 g/mol. The number of rotatable bonds is 5. The Morgan fingerprint density at radius 2 is 1.68 bits per heavy atom. The van der Waals surface area contributed by atoms with Crippen LogP contribution in [0.4, 0.5) is 5.69 Å². The van der Waals surface area contributed by atoms with E-state index in [2.05, 4.69) is 10.1 Å². The highest BCUT2D eigenvalue weighted by molar-refractivity contribution is 6.06. The maximum atomic E-state index is 12.0. The number of benzene rings is 2. The first-order valence-electron chi connectivity index (χ1n) is 7.44. The highest BCUT2D eigenvalue weighted by Gasteiger charge is 2.11. The van der Waals surface area contributed by atoms with Crippen molar-refractivity contribution < 1.29 is 23.9 Å². The summed E-state index contributed by atoms with van der Waals surface area (Å²) in [4.78, 5) is 34.6. The van der Waals surface area contributed by atoms with Crippen LogP contribution in [0.5, 0.6) is 5.75 Å². The van der Waals surface area contributed by atoms with Crippen LogP contribution in [0.15, 0.2) is 54.6 Å². The van der Waals surface area contributed by atoms with Crippen molar-refractivity contribution in [3.05, 3.63) is 65.7 Å². The van der Waals surface area contributed by atoms with Gasteiger partial charge in [0.1, 0.15) is 5.75 Å². The van der Waals surface area contributed by atoms with Crippen LogP contribution in [-0.4, -0.2) is 25.0 Å². The molecule has 128 valence electrons. The predicted octanol–water partition coefficient (Wildman–Crippen LogP) is 3.05. The lowest BCUT2D eigenvalue weighted by Crippen LogP contribution is -2.12. The van der Waals surface area contributed by atoms with Crippen LogP contribution in [0.3, 0.4) is 0 Å². The molecule has 0 atom stereocenters. The molecule has 0 aliphatic carbocycles. The molecular formula is C19H17NO5. The number of hydrogen-bond acceptors (Lipinski definition) is 5. The van der Waals surface area contributed by atoms with Gasteiger partial charge in [-0.1, -0.05) is 24.3 Å². The molecule has 0 aromatic heterocycles. The van der Waals surface area contributed by atoms with Gasteiger partial charge in [0.15, 0.2) is 0 Å². The molecule has 1 amide bonds. The number of para-hydroxylation sites is 1. The number of hydrogen-bond donors (Lipinski definition) is 1. The third-order valence-corrected chi connectivity index (χ3v) is 3.16. The largest absolute Gasteiger partial charge is 0.465 e. The molecule has 0 radical (unpaired) electrons. The molecule has 0 heterocycles. The second kappa shape index (κ2) is 8.44. The Bertz CT molecular complexity index is 809. The number of esters is 2. The Balaban J connectivity index is 2.04. The lowest BCUT2D eigenvalue weighted by atomic mass is 10.1. The summed E-state index contributed by atoms with van der Waals surface area (Å²) in [7, 11) is 1.28. The van der Waals surface area contributed by atoms with Gasteiger partial charge in [-0.2, -0.15) is 0 Å². The molecule has 0 bridgehead atoms. The molecule has 0 unspecified atom stereocenters. The van der Waals surface area contributed by atoms with E-state index in [-0.39, 0.29) is 11.5 Å². The molecule has 0 fully saturated rings. The molecule has 2 aromatic rings. The van der Waals surface area contributed by atoms with E-state index < -0.39 is 11.9 Å². The van der Waals surface area contributed by atoms with E-state index in [1.54, 1.807) is 54.6 Å². The lowest BCUT2D eigenvalue weighted by molar-refractivity contribution is -0.131. The molecule has 6 heteroatoms. The molecule has 2 aromatic carbocycles. The molecule has 6 nitrogen and oxygen atoms in total. The summed E-state index contributed by atoms with van der Waals surface area (Å²) in [5.41, 5.74) is 1.40. The third kappa shape index (κ3) is 5.31. The molecule has 2 rings (SSSR count). The summed E-state index contributed by atoms with van der Waals surface area (Å²) in [5, 5.41) is 2.64. The maximum Gasteiger partial charge on any atom is 0.339 e. The first-order valence-corrected chi connectivity index (χ1v) is 7.44. The fourth-order valence-electron chi connectivity index (χ4n) is 2.04. The van der Waals surface area contributed by atoms with Crippen LogP contribution in [0.1, 0.15) is 22.8 Å². The fraction of sp³-hybridized carbons (Fsp3) is 0.105. The van der Waals surface area contributed by atoms with Gasteiger partial charge in [0.2, 0.25) is 5.91 Å². The molecule has 0 saturated carbocycles. The van der Waals surface area contributed by atoms with Gasteiger partial charge in [-0.15, -0.1) is 0 Å². The van der Waals surface area contributed by atoms with Crippen molar-refractivity contribution in [2.24, 2.45) is 0 Å². The minimum atomic E-state index is -0.527. The van der Waals surface area contributed by atoms with Crippen LogP contribution in [0, 0.1) is 0 Å². The summed E-state index contributed by atoms with van der Waals surface area (Å²) in [6, 6.07) is 13.3. The molecule has 0 aliphatic heterocycles. The Kier molecular flexibility index (Phi) is 6.06. The summed E-state index contributed by atoms with van der Waals surface area (Å²) in [5.74, 6) is -0.880. The van der Waals surface area contributed by atoms with Crippen LogP contribution in [0.2, 0.25) is 0 Å². The van der Waals surface area contributed by atoms with Gasteiger partial charge < -0.3 is 14.8 Å². The summed E-state index contributed by atoms with van der Waals surface area (Å²) in [6.07, 6.45) is 2.95. The Labute approximate surface area is 145 Å². The smallest absolute Gasteiger partial charge is 0.339 e. The topological polar surface area (TPSA) is 81.7 Å². The highest BCUT2D eigenvalue weighted by atomic mass is 16.5. The zero-order chi connectivity index (χ0) is 18.2. The van der Waals surface area contributed by atoms with Crippen LogP contribution in [0.25, 0.3) is 6.08 Å². The quantitative estimate of drug-likeness (QED) is 0.514. The van der Waals surface area contributed by atoms with Crippen molar-refractivity contribution in [2.75, 3.05) is 12.4 Å². The van der Waals surface area contributed by atoms with E-state index in [0.717, 1.165) is 5.56 Å². The predicted molar refractivity (Wildman–Crippen MR) is 93.2 cm³/mol. The number of methoxy groups -OCH3 is 1. The number of carbonyl (C=O) groups is 3. The van der Waals surface area contributed by atoms with Gasteiger partial charge in [-0.05, 0) is 35.9 Å². The van der Waals surface area contributed by atoms with Crippen molar-refractivity contribution in [1.29, 1.82) is 0 Å². The van der Waals surface area contributed by atoms with Gasteiger partial charge in [0, 0.05) is 13.0 Å². The van der Waals surface area contributed by atoms with E-state index in [9.17, 15) is 14.4 Å². The second-order valence-electron chi connectivity index (χ2n) is 5.02. The zero-order valence-corrected chi connectivity index (χ0v) is 13.8. The second-order valence-corrected chi connectivity index (χ2v) is 5.02. The first-order chi connectivity index (χ1) is 12.0. The van der Waals surface area contributed by atoms with Crippen LogP contribution in [-0.2, 0) is 14.3 Å². The normalized spacial score (nSPS) is 10.3. The first kappa shape index (κ1) is 17.9.